The number of halogens is 3. The van der Waals surface area contributed by atoms with E-state index in [-0.39, 0.29) is 27.8 Å². The number of primary amides is 1. The van der Waals surface area contributed by atoms with Crippen LogP contribution in [0.3, 0.4) is 0 Å². The van der Waals surface area contributed by atoms with E-state index in [9.17, 15) is 32.9 Å². The van der Waals surface area contributed by atoms with Crippen molar-refractivity contribution in [2.45, 2.75) is 23.9 Å². The molecule has 0 atom stereocenters. The Kier molecular flexibility index (Phi) is 6.01. The molecular weight excluding hydrogens is 423 g/mol. The molecule has 2 aromatic carbocycles. The Morgan fingerprint density at radius 2 is 1.93 bits per heavy atom. The summed E-state index contributed by atoms with van der Waals surface area (Å²) in [6.07, 6.45) is -3.53. The highest BCUT2D eigenvalue weighted by Gasteiger charge is 2.32. The molecule has 0 fully saturated rings. The van der Waals surface area contributed by atoms with E-state index in [2.05, 4.69) is 0 Å². The molecule has 3 rings (SSSR count). The van der Waals surface area contributed by atoms with E-state index in [4.69, 9.17) is 5.73 Å². The van der Waals surface area contributed by atoms with Crippen molar-refractivity contribution in [1.29, 1.82) is 0 Å². The number of rotatable bonds is 5. The van der Waals surface area contributed by atoms with Crippen LogP contribution in [-0.2, 0) is 17.4 Å². The fraction of sp³-hybridized carbons (Fsp3) is 0.263. The number of nitro groups is 1. The van der Waals surface area contributed by atoms with Gasteiger partial charge in [0.25, 0.3) is 5.69 Å². The summed E-state index contributed by atoms with van der Waals surface area (Å²) in [5, 5.41) is 11.3. The topological polar surface area (TPSA) is 107 Å². The van der Waals surface area contributed by atoms with Crippen molar-refractivity contribution in [3.8, 4) is 0 Å². The van der Waals surface area contributed by atoms with E-state index in [1.165, 1.54) is 23.1 Å². The summed E-state index contributed by atoms with van der Waals surface area (Å²) in [6.45, 7) is 0.348. The second kappa shape index (κ2) is 8.34. The average Bonchev–Trinajstić information content (AvgIpc) is 2.70. The molecule has 0 saturated heterocycles. The highest BCUT2D eigenvalue weighted by atomic mass is 32.2. The number of benzene rings is 2. The molecule has 0 bridgehead atoms. The van der Waals surface area contributed by atoms with Crippen molar-refractivity contribution >= 4 is 35.0 Å². The molecule has 7 nitrogen and oxygen atoms in total. The minimum atomic E-state index is -4.47. The van der Waals surface area contributed by atoms with E-state index < -0.39 is 22.6 Å². The zero-order chi connectivity index (χ0) is 22.1. The third-order valence-electron chi connectivity index (χ3n) is 4.62. The molecule has 1 aliphatic heterocycles. The minimum Gasteiger partial charge on any atom is -0.366 e. The van der Waals surface area contributed by atoms with Crippen LogP contribution in [0.5, 0.6) is 0 Å². The first kappa shape index (κ1) is 21.6. The van der Waals surface area contributed by atoms with Gasteiger partial charge in [-0.2, -0.15) is 13.2 Å². The first-order valence-electron chi connectivity index (χ1n) is 8.79. The van der Waals surface area contributed by atoms with Gasteiger partial charge in [0, 0.05) is 23.9 Å². The van der Waals surface area contributed by atoms with Crippen LogP contribution in [-0.4, -0.2) is 29.0 Å². The Morgan fingerprint density at radius 1 is 1.20 bits per heavy atom. The molecule has 0 saturated carbocycles. The fourth-order valence-corrected chi connectivity index (χ4v) is 4.07. The highest BCUT2D eigenvalue weighted by molar-refractivity contribution is 8.00. The van der Waals surface area contributed by atoms with Crippen molar-refractivity contribution in [2.24, 2.45) is 5.73 Å². The quantitative estimate of drug-likeness (QED) is 0.433. The van der Waals surface area contributed by atoms with Gasteiger partial charge in [-0.15, -0.1) is 11.8 Å². The van der Waals surface area contributed by atoms with Crippen molar-refractivity contribution in [1.82, 2.24) is 0 Å². The summed E-state index contributed by atoms with van der Waals surface area (Å²) in [5.74, 6) is -1.35. The maximum Gasteiger partial charge on any atom is 0.416 e. The molecule has 2 N–H and O–H groups in total. The van der Waals surface area contributed by atoms with Crippen LogP contribution in [0.1, 0.15) is 27.9 Å². The van der Waals surface area contributed by atoms with Crippen molar-refractivity contribution in [3.63, 3.8) is 0 Å². The maximum absolute atomic E-state index is 12.9. The van der Waals surface area contributed by atoms with E-state index in [0.29, 0.717) is 30.6 Å². The lowest BCUT2D eigenvalue weighted by atomic mass is 9.99. The van der Waals surface area contributed by atoms with Gasteiger partial charge in [-0.05, 0) is 48.7 Å². The highest BCUT2D eigenvalue weighted by Crippen LogP contribution is 2.36. The van der Waals surface area contributed by atoms with Gasteiger partial charge >= 0.3 is 6.18 Å². The number of nitrogens with zero attached hydrogens (tertiary/aromatic N) is 2. The van der Waals surface area contributed by atoms with Crippen molar-refractivity contribution in [2.75, 3.05) is 17.2 Å². The predicted octanol–water partition coefficient (Wildman–Crippen LogP) is 3.78. The SMILES string of the molecule is NC(=O)c1ccc(SCC(=O)N2CCCc3cc(C(F)(F)F)ccc32)c([N+](=O)[O-])c1. The van der Waals surface area contributed by atoms with Gasteiger partial charge in [-0.25, -0.2) is 0 Å². The molecular formula is C19H16F3N3O4S. The third-order valence-corrected chi connectivity index (χ3v) is 5.67. The zero-order valence-electron chi connectivity index (χ0n) is 15.4. The van der Waals surface area contributed by atoms with Crippen LogP contribution < -0.4 is 10.6 Å². The normalized spacial score (nSPS) is 13.6. The average molecular weight is 439 g/mol. The Balaban J connectivity index is 1.79. The number of nitro benzene ring substituents is 1. The van der Waals surface area contributed by atoms with E-state index in [1.807, 2.05) is 0 Å². The van der Waals surface area contributed by atoms with Crippen LogP contribution in [0.4, 0.5) is 24.5 Å². The van der Waals surface area contributed by atoms with Gasteiger partial charge in [0.05, 0.1) is 21.1 Å². The molecule has 0 spiro atoms. The van der Waals surface area contributed by atoms with Gasteiger partial charge in [0.1, 0.15) is 0 Å². The van der Waals surface area contributed by atoms with Gasteiger partial charge < -0.3 is 10.6 Å². The second-order valence-corrected chi connectivity index (χ2v) is 7.60. The second-order valence-electron chi connectivity index (χ2n) is 6.58. The molecule has 30 heavy (non-hydrogen) atoms. The number of carbonyl (C=O) groups is 2. The van der Waals surface area contributed by atoms with Crippen LogP contribution in [0, 0.1) is 10.1 Å². The molecule has 1 heterocycles. The number of alkyl halides is 3. The first-order chi connectivity index (χ1) is 14.1. The predicted molar refractivity (Wildman–Crippen MR) is 104 cm³/mol. The summed E-state index contributed by atoms with van der Waals surface area (Å²) < 4.78 is 38.8. The summed E-state index contributed by atoms with van der Waals surface area (Å²) in [6, 6.07) is 6.99. The standard InChI is InChI=1S/C19H16F3N3O4S/c20-19(21,22)13-4-5-14-11(8-13)2-1-7-24(14)17(26)10-30-16-6-3-12(18(23)27)9-15(16)25(28)29/h3-6,8-9H,1-2,7,10H2,(H2,23,27). The maximum atomic E-state index is 12.9. The van der Waals surface area contributed by atoms with Crippen LogP contribution in [0.2, 0.25) is 0 Å². The van der Waals surface area contributed by atoms with Crippen molar-refractivity contribution in [3.05, 3.63) is 63.2 Å². The Hall–Kier alpha value is -3.08. The number of fused-ring (bicyclic) bond motifs is 1. The monoisotopic (exact) mass is 439 g/mol. The smallest absolute Gasteiger partial charge is 0.366 e. The van der Waals surface area contributed by atoms with Gasteiger partial charge in [0.2, 0.25) is 11.8 Å². The van der Waals surface area contributed by atoms with Gasteiger partial charge in [0.15, 0.2) is 0 Å². The summed E-state index contributed by atoms with van der Waals surface area (Å²) >= 11 is 0.915. The molecule has 158 valence electrons. The number of thioether (sulfide) groups is 1. The number of carbonyl (C=O) groups excluding carboxylic acids is 2. The largest absolute Gasteiger partial charge is 0.416 e. The molecule has 1 aliphatic rings. The van der Waals surface area contributed by atoms with E-state index in [0.717, 1.165) is 30.0 Å². The Morgan fingerprint density at radius 3 is 2.57 bits per heavy atom. The number of amides is 2. The molecule has 11 heteroatoms. The molecule has 0 unspecified atom stereocenters. The molecule has 2 amide bonds. The molecule has 0 aliphatic carbocycles. The van der Waals surface area contributed by atoms with Gasteiger partial charge in [-0.3, -0.25) is 19.7 Å². The number of nitrogens with two attached hydrogens (primary N) is 1. The number of anilines is 1. The molecule has 2 aromatic rings. The van der Waals surface area contributed by atoms with Gasteiger partial charge in [-0.1, -0.05) is 0 Å². The number of hydrogen-bond acceptors (Lipinski definition) is 5. The van der Waals surface area contributed by atoms with E-state index >= 15 is 0 Å². The first-order valence-corrected chi connectivity index (χ1v) is 9.78. The zero-order valence-corrected chi connectivity index (χ0v) is 16.3. The molecule has 0 radical (unpaired) electrons. The van der Waals surface area contributed by atoms with E-state index in [1.54, 1.807) is 0 Å². The number of hydrogen-bond donors (Lipinski definition) is 1. The Labute approximate surface area is 173 Å². The lowest BCUT2D eigenvalue weighted by Gasteiger charge is -2.30. The summed E-state index contributed by atoms with van der Waals surface area (Å²) in [5.41, 5.74) is 4.84. The lowest BCUT2D eigenvalue weighted by Crippen LogP contribution is -2.36. The summed E-state index contributed by atoms with van der Waals surface area (Å²) in [7, 11) is 0. The lowest BCUT2D eigenvalue weighted by molar-refractivity contribution is -0.387. The third kappa shape index (κ3) is 4.56. The summed E-state index contributed by atoms with van der Waals surface area (Å²) in [4.78, 5) is 36.1. The fourth-order valence-electron chi connectivity index (χ4n) is 3.19. The molecule has 0 aromatic heterocycles. The van der Waals surface area contributed by atoms with Crippen LogP contribution in [0.15, 0.2) is 41.3 Å². The Bertz CT molecular complexity index is 1030. The van der Waals surface area contributed by atoms with Crippen LogP contribution >= 0.6 is 11.8 Å². The van der Waals surface area contributed by atoms with Crippen molar-refractivity contribution < 1.29 is 27.7 Å². The van der Waals surface area contributed by atoms with Crippen LogP contribution in [0.25, 0.3) is 0 Å². The minimum absolute atomic E-state index is 0.0252. The number of aryl methyl sites for hydroxylation is 1.